The summed E-state index contributed by atoms with van der Waals surface area (Å²) in [5.74, 6) is 0.128. The van der Waals surface area contributed by atoms with E-state index in [4.69, 9.17) is 14.2 Å². The van der Waals surface area contributed by atoms with E-state index in [-0.39, 0.29) is 18.1 Å². The molecule has 0 atom stereocenters. The summed E-state index contributed by atoms with van der Waals surface area (Å²) in [5, 5.41) is 9.23. The number of rotatable bonds is 5. The van der Waals surface area contributed by atoms with E-state index < -0.39 is 5.97 Å². The molecule has 1 aliphatic rings. The van der Waals surface area contributed by atoms with Gasteiger partial charge in [0.25, 0.3) is 0 Å². The summed E-state index contributed by atoms with van der Waals surface area (Å²) in [6.07, 6.45) is 4.09. The third kappa shape index (κ3) is 2.89. The molecular weight excluding hydrogens is 274 g/mol. The predicted molar refractivity (Wildman–Crippen MR) is 73.0 cm³/mol. The lowest BCUT2D eigenvalue weighted by Crippen LogP contribution is -2.06. The summed E-state index contributed by atoms with van der Waals surface area (Å²) in [7, 11) is 0. The lowest BCUT2D eigenvalue weighted by Gasteiger charge is -2.10. The minimum absolute atomic E-state index is 0.0606. The zero-order chi connectivity index (χ0) is 14.7. The van der Waals surface area contributed by atoms with Crippen molar-refractivity contribution in [3.8, 4) is 17.2 Å². The first-order chi connectivity index (χ1) is 10.2. The summed E-state index contributed by atoms with van der Waals surface area (Å²) >= 11 is 0. The van der Waals surface area contributed by atoms with Crippen molar-refractivity contribution in [1.82, 2.24) is 4.98 Å². The quantitative estimate of drug-likeness (QED) is 0.907. The van der Waals surface area contributed by atoms with E-state index >= 15 is 0 Å². The Hall–Kier alpha value is -2.76. The molecule has 1 aromatic carbocycles. The number of hydrogen-bond acceptors (Lipinski definition) is 5. The summed E-state index contributed by atoms with van der Waals surface area (Å²) in [4.78, 5) is 15.3. The lowest BCUT2D eigenvalue weighted by molar-refractivity contribution is 0.0692. The van der Waals surface area contributed by atoms with Gasteiger partial charge in [-0.3, -0.25) is 4.98 Å². The Balaban J connectivity index is 1.74. The maximum Gasteiger partial charge on any atom is 0.339 e. The van der Waals surface area contributed by atoms with Crippen molar-refractivity contribution >= 4 is 5.97 Å². The highest BCUT2D eigenvalue weighted by atomic mass is 16.7. The van der Waals surface area contributed by atoms with Crippen LogP contribution in [0.2, 0.25) is 0 Å². The molecule has 21 heavy (non-hydrogen) atoms. The summed E-state index contributed by atoms with van der Waals surface area (Å²) < 4.78 is 16.0. The van der Waals surface area contributed by atoms with E-state index in [9.17, 15) is 9.90 Å². The SMILES string of the molecule is O=C(O)c1cc2c(cc1OCCc1cccnc1)OCO2. The number of benzene rings is 1. The number of hydrogen-bond donors (Lipinski definition) is 1. The minimum Gasteiger partial charge on any atom is -0.492 e. The molecular formula is C15H13NO5. The fraction of sp³-hybridized carbons (Fsp3) is 0.200. The number of ether oxygens (including phenoxy) is 3. The van der Waals surface area contributed by atoms with Crippen LogP contribution in [0.25, 0.3) is 0 Å². The van der Waals surface area contributed by atoms with Gasteiger partial charge in [0.2, 0.25) is 6.79 Å². The van der Waals surface area contributed by atoms with Crippen molar-refractivity contribution in [1.29, 1.82) is 0 Å². The molecule has 0 bridgehead atoms. The molecule has 108 valence electrons. The molecule has 0 spiro atoms. The Bertz CT molecular complexity index is 657. The smallest absolute Gasteiger partial charge is 0.339 e. The molecule has 0 aliphatic carbocycles. The molecule has 0 saturated heterocycles. The van der Waals surface area contributed by atoms with E-state index in [1.807, 2.05) is 12.1 Å². The second-order valence-electron chi connectivity index (χ2n) is 4.47. The van der Waals surface area contributed by atoms with Gasteiger partial charge < -0.3 is 19.3 Å². The van der Waals surface area contributed by atoms with Gasteiger partial charge in [-0.1, -0.05) is 6.07 Å². The van der Waals surface area contributed by atoms with Crippen molar-refractivity contribution in [3.05, 3.63) is 47.8 Å². The van der Waals surface area contributed by atoms with Crippen LogP contribution in [-0.4, -0.2) is 29.5 Å². The monoisotopic (exact) mass is 287 g/mol. The van der Waals surface area contributed by atoms with Crippen molar-refractivity contribution in [3.63, 3.8) is 0 Å². The zero-order valence-electron chi connectivity index (χ0n) is 11.1. The number of aromatic carboxylic acids is 1. The van der Waals surface area contributed by atoms with Crippen LogP contribution in [0.4, 0.5) is 0 Å². The van der Waals surface area contributed by atoms with Crippen LogP contribution < -0.4 is 14.2 Å². The second-order valence-corrected chi connectivity index (χ2v) is 4.47. The van der Waals surface area contributed by atoms with Crippen molar-refractivity contribution < 1.29 is 24.1 Å². The summed E-state index contributed by atoms with van der Waals surface area (Å²) in [6, 6.07) is 6.76. The maximum absolute atomic E-state index is 11.3. The number of carboxylic acid groups (broad SMARTS) is 1. The van der Waals surface area contributed by atoms with Crippen LogP contribution in [0.5, 0.6) is 17.2 Å². The Labute approximate surface area is 120 Å². The Morgan fingerprint density at radius 2 is 2.14 bits per heavy atom. The number of carbonyl (C=O) groups is 1. The van der Waals surface area contributed by atoms with E-state index in [0.717, 1.165) is 5.56 Å². The first kappa shape index (κ1) is 13.2. The van der Waals surface area contributed by atoms with Crippen LogP contribution in [0.15, 0.2) is 36.7 Å². The van der Waals surface area contributed by atoms with Crippen LogP contribution >= 0.6 is 0 Å². The number of carboxylic acids is 1. The van der Waals surface area contributed by atoms with Crippen LogP contribution in [0.1, 0.15) is 15.9 Å². The molecule has 2 heterocycles. The molecule has 0 fully saturated rings. The minimum atomic E-state index is -1.07. The van der Waals surface area contributed by atoms with Crippen molar-refractivity contribution in [2.75, 3.05) is 13.4 Å². The average Bonchev–Trinajstić information content (AvgIpc) is 2.94. The van der Waals surface area contributed by atoms with E-state index in [2.05, 4.69) is 4.98 Å². The van der Waals surface area contributed by atoms with Gasteiger partial charge in [0.1, 0.15) is 11.3 Å². The van der Waals surface area contributed by atoms with Crippen LogP contribution in [0.3, 0.4) is 0 Å². The van der Waals surface area contributed by atoms with E-state index in [1.54, 1.807) is 18.5 Å². The fourth-order valence-electron chi connectivity index (χ4n) is 2.03. The third-order valence-electron chi connectivity index (χ3n) is 3.08. The first-order valence-corrected chi connectivity index (χ1v) is 6.42. The summed E-state index contributed by atoms with van der Waals surface area (Å²) in [6.45, 7) is 0.444. The Kier molecular flexibility index (Phi) is 3.59. The fourth-order valence-corrected chi connectivity index (χ4v) is 2.03. The van der Waals surface area contributed by atoms with Gasteiger partial charge in [-0.15, -0.1) is 0 Å². The van der Waals surface area contributed by atoms with E-state index in [0.29, 0.717) is 24.5 Å². The average molecular weight is 287 g/mol. The van der Waals surface area contributed by atoms with Gasteiger partial charge in [0.15, 0.2) is 11.5 Å². The largest absolute Gasteiger partial charge is 0.492 e. The van der Waals surface area contributed by atoms with Crippen molar-refractivity contribution in [2.45, 2.75) is 6.42 Å². The summed E-state index contributed by atoms with van der Waals surface area (Å²) in [5.41, 5.74) is 1.08. The number of fused-ring (bicyclic) bond motifs is 1. The van der Waals surface area contributed by atoms with E-state index in [1.165, 1.54) is 6.07 Å². The molecule has 0 saturated carbocycles. The molecule has 0 unspecified atom stereocenters. The molecule has 3 rings (SSSR count). The Morgan fingerprint density at radius 1 is 1.33 bits per heavy atom. The van der Waals surface area contributed by atoms with Gasteiger partial charge in [0, 0.05) is 30.9 Å². The predicted octanol–water partition coefficient (Wildman–Crippen LogP) is 2.13. The second kappa shape index (κ2) is 5.70. The molecule has 1 aromatic heterocycles. The molecule has 0 amide bonds. The maximum atomic E-state index is 11.3. The van der Waals surface area contributed by atoms with Crippen molar-refractivity contribution in [2.24, 2.45) is 0 Å². The van der Waals surface area contributed by atoms with Gasteiger partial charge >= 0.3 is 5.97 Å². The van der Waals surface area contributed by atoms with Crippen LogP contribution in [0, 0.1) is 0 Å². The molecule has 2 aromatic rings. The zero-order valence-corrected chi connectivity index (χ0v) is 11.1. The highest BCUT2D eigenvalue weighted by Gasteiger charge is 2.21. The highest BCUT2D eigenvalue weighted by molar-refractivity contribution is 5.92. The molecule has 1 aliphatic heterocycles. The molecule has 0 radical (unpaired) electrons. The standard InChI is InChI=1S/C15H13NO5/c17-15(18)11-6-13-14(21-9-20-13)7-12(11)19-5-3-10-2-1-4-16-8-10/h1-2,4,6-8H,3,5,9H2,(H,17,18). The number of aromatic nitrogens is 1. The Morgan fingerprint density at radius 3 is 2.86 bits per heavy atom. The van der Waals surface area contributed by atoms with Gasteiger partial charge in [-0.2, -0.15) is 0 Å². The van der Waals surface area contributed by atoms with Gasteiger partial charge in [0.05, 0.1) is 6.61 Å². The van der Waals surface area contributed by atoms with Gasteiger partial charge in [-0.25, -0.2) is 4.79 Å². The number of nitrogens with zero attached hydrogens (tertiary/aromatic N) is 1. The lowest BCUT2D eigenvalue weighted by atomic mass is 10.1. The highest BCUT2D eigenvalue weighted by Crippen LogP contribution is 2.38. The molecule has 6 nitrogen and oxygen atoms in total. The number of pyridine rings is 1. The van der Waals surface area contributed by atoms with Crippen LogP contribution in [-0.2, 0) is 6.42 Å². The molecule has 6 heteroatoms. The molecule has 1 N–H and O–H groups in total. The van der Waals surface area contributed by atoms with Gasteiger partial charge in [-0.05, 0) is 11.6 Å². The first-order valence-electron chi connectivity index (χ1n) is 6.42. The third-order valence-corrected chi connectivity index (χ3v) is 3.08. The topological polar surface area (TPSA) is 77.9 Å². The normalized spacial score (nSPS) is 12.2.